The highest BCUT2D eigenvalue weighted by Gasteiger charge is 2.43. The molecule has 2 saturated heterocycles. The molecule has 0 aromatic carbocycles. The lowest BCUT2D eigenvalue weighted by Gasteiger charge is -2.40. The lowest BCUT2D eigenvalue weighted by molar-refractivity contribution is -0.189. The van der Waals surface area contributed by atoms with Crippen LogP contribution in [0.5, 0.6) is 0 Å². The van der Waals surface area contributed by atoms with Crippen LogP contribution in [-0.2, 0) is 9.47 Å². The SMILES string of the molecule is CC1(C)CCCC1NC(=O)N1CCCC(C2(C)OCCO2)C1. The van der Waals surface area contributed by atoms with Crippen LogP contribution in [0.1, 0.15) is 52.9 Å². The summed E-state index contributed by atoms with van der Waals surface area (Å²) in [6, 6.07) is 0.390. The molecule has 0 aromatic heterocycles. The second kappa shape index (κ2) is 6.00. The summed E-state index contributed by atoms with van der Waals surface area (Å²) >= 11 is 0. The van der Waals surface area contributed by atoms with Crippen LogP contribution < -0.4 is 5.32 Å². The van der Waals surface area contributed by atoms with Crippen LogP contribution in [0.4, 0.5) is 4.79 Å². The number of amides is 2. The third kappa shape index (κ3) is 3.11. The van der Waals surface area contributed by atoms with E-state index in [-0.39, 0.29) is 17.4 Å². The van der Waals surface area contributed by atoms with Gasteiger partial charge in [0, 0.05) is 25.0 Å². The van der Waals surface area contributed by atoms with E-state index in [0.29, 0.717) is 19.3 Å². The number of hydrogen-bond acceptors (Lipinski definition) is 3. The molecule has 2 atom stereocenters. The van der Waals surface area contributed by atoms with Crippen molar-refractivity contribution in [3.05, 3.63) is 0 Å². The van der Waals surface area contributed by atoms with Crippen molar-refractivity contribution in [2.45, 2.75) is 64.7 Å². The molecular weight excluding hydrogens is 280 g/mol. The number of ether oxygens (including phenoxy) is 2. The third-order valence-corrected chi connectivity index (χ3v) is 5.87. The molecule has 2 unspecified atom stereocenters. The summed E-state index contributed by atoms with van der Waals surface area (Å²) in [7, 11) is 0. The first kappa shape index (κ1) is 16.1. The van der Waals surface area contributed by atoms with Crippen molar-refractivity contribution in [2.24, 2.45) is 11.3 Å². The number of nitrogens with one attached hydrogen (secondary N) is 1. The summed E-state index contributed by atoms with van der Waals surface area (Å²) in [4.78, 5) is 14.6. The average molecular weight is 310 g/mol. The number of nitrogens with zero attached hydrogens (tertiary/aromatic N) is 1. The number of rotatable bonds is 2. The molecule has 0 bridgehead atoms. The number of piperidine rings is 1. The molecular formula is C17H30N2O3. The van der Waals surface area contributed by atoms with Gasteiger partial charge in [0.2, 0.25) is 0 Å². The molecule has 3 aliphatic rings. The molecule has 0 radical (unpaired) electrons. The van der Waals surface area contributed by atoms with Gasteiger partial charge >= 0.3 is 6.03 Å². The number of urea groups is 1. The normalized spacial score (nSPS) is 33.9. The van der Waals surface area contributed by atoms with Crippen LogP contribution in [0.25, 0.3) is 0 Å². The Kier molecular flexibility index (Phi) is 4.38. The largest absolute Gasteiger partial charge is 0.347 e. The maximum absolute atomic E-state index is 12.6. The van der Waals surface area contributed by atoms with E-state index in [4.69, 9.17) is 9.47 Å². The molecule has 0 aromatic rings. The summed E-state index contributed by atoms with van der Waals surface area (Å²) < 4.78 is 11.6. The van der Waals surface area contributed by atoms with Crippen molar-refractivity contribution < 1.29 is 14.3 Å². The van der Waals surface area contributed by atoms with Crippen LogP contribution in [0.3, 0.4) is 0 Å². The summed E-state index contributed by atoms with van der Waals surface area (Å²) in [5, 5.41) is 3.27. The fraction of sp³-hybridized carbons (Fsp3) is 0.941. The average Bonchev–Trinajstić information content (AvgIpc) is 3.07. The monoisotopic (exact) mass is 310 g/mol. The van der Waals surface area contributed by atoms with E-state index >= 15 is 0 Å². The molecule has 126 valence electrons. The van der Waals surface area contributed by atoms with E-state index in [0.717, 1.165) is 32.4 Å². The Bertz CT molecular complexity index is 418. The Labute approximate surface area is 133 Å². The van der Waals surface area contributed by atoms with Gasteiger partial charge in [0.1, 0.15) is 0 Å². The zero-order valence-corrected chi connectivity index (χ0v) is 14.2. The van der Waals surface area contributed by atoms with Crippen molar-refractivity contribution in [2.75, 3.05) is 26.3 Å². The van der Waals surface area contributed by atoms with E-state index in [2.05, 4.69) is 19.2 Å². The molecule has 1 aliphatic carbocycles. The number of carbonyl (C=O) groups excluding carboxylic acids is 1. The molecule has 5 nitrogen and oxygen atoms in total. The molecule has 2 amide bonds. The first-order chi connectivity index (χ1) is 10.4. The standard InChI is InChI=1S/C17H30N2O3/c1-16(2)8-4-7-14(16)18-15(20)19-9-5-6-13(12-19)17(3)21-10-11-22-17/h13-14H,4-12H2,1-3H3,(H,18,20). The second-order valence-corrected chi connectivity index (χ2v) is 7.88. The van der Waals surface area contributed by atoms with Gasteiger partial charge in [0.05, 0.1) is 13.2 Å². The highest BCUT2D eigenvalue weighted by molar-refractivity contribution is 5.74. The van der Waals surface area contributed by atoms with Gasteiger partial charge in [0.15, 0.2) is 5.79 Å². The van der Waals surface area contributed by atoms with E-state index < -0.39 is 5.79 Å². The second-order valence-electron chi connectivity index (χ2n) is 7.88. The fourth-order valence-corrected chi connectivity index (χ4v) is 4.19. The van der Waals surface area contributed by atoms with Gasteiger partial charge in [-0.25, -0.2) is 4.79 Å². The van der Waals surface area contributed by atoms with Gasteiger partial charge in [-0.1, -0.05) is 20.3 Å². The zero-order valence-electron chi connectivity index (χ0n) is 14.2. The van der Waals surface area contributed by atoms with Gasteiger partial charge < -0.3 is 19.7 Å². The summed E-state index contributed by atoms with van der Waals surface area (Å²) in [5.41, 5.74) is 0.217. The van der Waals surface area contributed by atoms with Gasteiger partial charge in [0.25, 0.3) is 0 Å². The maximum atomic E-state index is 12.6. The zero-order chi connectivity index (χ0) is 15.8. The minimum absolute atomic E-state index is 0.0891. The lowest BCUT2D eigenvalue weighted by atomic mass is 9.87. The van der Waals surface area contributed by atoms with Crippen molar-refractivity contribution in [1.29, 1.82) is 0 Å². The van der Waals surface area contributed by atoms with Crippen LogP contribution in [-0.4, -0.2) is 49.1 Å². The Morgan fingerprint density at radius 1 is 1.14 bits per heavy atom. The Balaban J connectivity index is 1.58. The summed E-state index contributed by atoms with van der Waals surface area (Å²) in [6.45, 7) is 9.43. The van der Waals surface area contributed by atoms with E-state index in [1.165, 1.54) is 12.8 Å². The predicted molar refractivity (Wildman–Crippen MR) is 84.6 cm³/mol. The lowest BCUT2D eigenvalue weighted by Crippen LogP contribution is -2.54. The van der Waals surface area contributed by atoms with Crippen molar-refractivity contribution in [1.82, 2.24) is 10.2 Å². The highest BCUT2D eigenvalue weighted by atomic mass is 16.7. The van der Waals surface area contributed by atoms with E-state index in [1.54, 1.807) is 0 Å². The fourth-order valence-electron chi connectivity index (χ4n) is 4.19. The van der Waals surface area contributed by atoms with E-state index in [1.807, 2.05) is 11.8 Å². The molecule has 3 rings (SSSR count). The maximum Gasteiger partial charge on any atom is 0.317 e. The van der Waals surface area contributed by atoms with Crippen molar-refractivity contribution >= 4 is 6.03 Å². The third-order valence-electron chi connectivity index (χ3n) is 5.87. The minimum atomic E-state index is -0.508. The first-order valence-electron chi connectivity index (χ1n) is 8.74. The predicted octanol–water partition coefficient (Wildman–Crippen LogP) is 2.75. The Hall–Kier alpha value is -0.810. The topological polar surface area (TPSA) is 50.8 Å². The molecule has 2 heterocycles. The highest BCUT2D eigenvalue weighted by Crippen LogP contribution is 2.38. The van der Waals surface area contributed by atoms with Crippen LogP contribution in [0.15, 0.2) is 0 Å². The van der Waals surface area contributed by atoms with Gasteiger partial charge in [-0.05, 0) is 38.0 Å². The molecule has 1 N–H and O–H groups in total. The molecule has 0 spiro atoms. The van der Waals surface area contributed by atoms with Crippen LogP contribution in [0, 0.1) is 11.3 Å². The number of likely N-dealkylation sites (tertiary alicyclic amines) is 1. The molecule has 5 heteroatoms. The van der Waals surface area contributed by atoms with Crippen molar-refractivity contribution in [3.63, 3.8) is 0 Å². The Morgan fingerprint density at radius 2 is 1.86 bits per heavy atom. The van der Waals surface area contributed by atoms with Crippen LogP contribution >= 0.6 is 0 Å². The number of carbonyl (C=O) groups is 1. The summed E-state index contributed by atoms with van der Waals surface area (Å²) in [6.07, 6.45) is 5.59. The van der Waals surface area contributed by atoms with Gasteiger partial charge in [-0.15, -0.1) is 0 Å². The molecule has 22 heavy (non-hydrogen) atoms. The summed E-state index contributed by atoms with van der Waals surface area (Å²) in [5.74, 6) is -0.239. The smallest absolute Gasteiger partial charge is 0.317 e. The molecule has 3 fully saturated rings. The van der Waals surface area contributed by atoms with Gasteiger partial charge in [-0.2, -0.15) is 0 Å². The minimum Gasteiger partial charge on any atom is -0.347 e. The van der Waals surface area contributed by atoms with Crippen LogP contribution in [0.2, 0.25) is 0 Å². The van der Waals surface area contributed by atoms with Crippen molar-refractivity contribution in [3.8, 4) is 0 Å². The van der Waals surface area contributed by atoms with Gasteiger partial charge in [-0.3, -0.25) is 0 Å². The first-order valence-corrected chi connectivity index (χ1v) is 8.74. The number of hydrogen-bond donors (Lipinski definition) is 1. The Morgan fingerprint density at radius 3 is 2.50 bits per heavy atom. The molecule has 2 aliphatic heterocycles. The quantitative estimate of drug-likeness (QED) is 0.853. The molecule has 1 saturated carbocycles. The van der Waals surface area contributed by atoms with E-state index in [9.17, 15) is 4.79 Å².